The van der Waals surface area contributed by atoms with Crippen molar-refractivity contribution in [2.24, 2.45) is 5.41 Å². The molecule has 0 spiro atoms. The lowest BCUT2D eigenvalue weighted by atomic mass is 9.78. The Hall–Kier alpha value is -0.800. The average molecular weight is 269 g/mol. The van der Waals surface area contributed by atoms with Crippen molar-refractivity contribution in [1.29, 1.82) is 0 Å². The highest BCUT2D eigenvalue weighted by molar-refractivity contribution is 6.31. The van der Waals surface area contributed by atoms with Crippen LogP contribution in [0.5, 0.6) is 0 Å². The van der Waals surface area contributed by atoms with Crippen LogP contribution in [-0.2, 0) is 6.61 Å². The summed E-state index contributed by atoms with van der Waals surface area (Å²) in [7, 11) is 0. The van der Waals surface area contributed by atoms with E-state index in [4.69, 9.17) is 11.6 Å². The van der Waals surface area contributed by atoms with E-state index >= 15 is 0 Å². The summed E-state index contributed by atoms with van der Waals surface area (Å²) in [5.74, 6) is 0.932. The summed E-state index contributed by atoms with van der Waals surface area (Å²) < 4.78 is 0. The van der Waals surface area contributed by atoms with E-state index < -0.39 is 0 Å². The summed E-state index contributed by atoms with van der Waals surface area (Å²) in [5, 5.41) is 9.77. The van der Waals surface area contributed by atoms with Gasteiger partial charge in [0.15, 0.2) is 0 Å². The van der Waals surface area contributed by atoms with Crippen molar-refractivity contribution in [2.75, 3.05) is 18.0 Å². The fraction of sp³-hybridized carbons (Fsp3) is 0.643. The Balaban J connectivity index is 2.10. The number of hydrogen-bond donors (Lipinski definition) is 1. The Kier molecular flexibility index (Phi) is 4.13. The Morgan fingerprint density at radius 2 is 2.11 bits per heavy atom. The van der Waals surface area contributed by atoms with Crippen molar-refractivity contribution in [3.05, 3.63) is 22.8 Å². The molecule has 0 bridgehead atoms. The third-order valence-electron chi connectivity index (χ3n) is 4.24. The molecule has 0 radical (unpaired) electrons. The molecule has 1 fully saturated rings. The molecule has 0 saturated carbocycles. The van der Waals surface area contributed by atoms with Crippen LogP contribution in [0, 0.1) is 5.41 Å². The summed E-state index contributed by atoms with van der Waals surface area (Å²) in [4.78, 5) is 6.65. The van der Waals surface area contributed by atoms with Crippen LogP contribution in [0.15, 0.2) is 12.3 Å². The van der Waals surface area contributed by atoms with E-state index in [9.17, 15) is 5.11 Å². The molecule has 2 heterocycles. The lowest BCUT2D eigenvalue weighted by molar-refractivity contribution is 0.237. The van der Waals surface area contributed by atoms with Gasteiger partial charge >= 0.3 is 0 Å². The Labute approximate surface area is 114 Å². The SMILES string of the molecule is CCC1(C)CCN(c2cc(CO)c(Cl)cn2)CC1. The molecule has 0 atom stereocenters. The zero-order valence-electron chi connectivity index (χ0n) is 11.1. The van der Waals surface area contributed by atoms with Crippen LogP contribution in [0.2, 0.25) is 5.02 Å². The second-order valence-corrected chi connectivity index (χ2v) is 5.85. The predicted molar refractivity (Wildman–Crippen MR) is 75.0 cm³/mol. The van der Waals surface area contributed by atoms with Gasteiger partial charge in [-0.1, -0.05) is 31.9 Å². The monoisotopic (exact) mass is 268 g/mol. The first-order valence-corrected chi connectivity index (χ1v) is 6.96. The average Bonchev–Trinajstić information content (AvgIpc) is 2.40. The number of piperidine rings is 1. The van der Waals surface area contributed by atoms with E-state index in [0.29, 0.717) is 10.4 Å². The maximum atomic E-state index is 9.23. The van der Waals surface area contributed by atoms with E-state index in [2.05, 4.69) is 23.7 Å². The molecule has 3 nitrogen and oxygen atoms in total. The molecule has 0 unspecified atom stereocenters. The fourth-order valence-corrected chi connectivity index (χ4v) is 2.55. The maximum Gasteiger partial charge on any atom is 0.128 e. The predicted octanol–water partition coefficient (Wildman–Crippen LogP) is 3.24. The highest BCUT2D eigenvalue weighted by atomic mass is 35.5. The molecule has 2 rings (SSSR count). The van der Waals surface area contributed by atoms with Gasteiger partial charge in [-0.15, -0.1) is 0 Å². The van der Waals surface area contributed by atoms with Crippen molar-refractivity contribution in [1.82, 2.24) is 4.98 Å². The summed E-state index contributed by atoms with van der Waals surface area (Å²) in [6.45, 7) is 6.65. The third kappa shape index (κ3) is 2.78. The van der Waals surface area contributed by atoms with Gasteiger partial charge in [0.1, 0.15) is 5.82 Å². The minimum absolute atomic E-state index is 0.0329. The maximum absolute atomic E-state index is 9.23. The van der Waals surface area contributed by atoms with E-state index in [0.717, 1.165) is 24.5 Å². The van der Waals surface area contributed by atoms with Crippen molar-refractivity contribution >= 4 is 17.4 Å². The van der Waals surface area contributed by atoms with Gasteiger partial charge in [0.25, 0.3) is 0 Å². The smallest absolute Gasteiger partial charge is 0.128 e. The normalized spacial score (nSPS) is 19.0. The van der Waals surface area contributed by atoms with Crippen molar-refractivity contribution in [3.63, 3.8) is 0 Å². The molecule has 100 valence electrons. The van der Waals surface area contributed by atoms with Crippen LogP contribution in [0.1, 0.15) is 38.7 Å². The third-order valence-corrected chi connectivity index (χ3v) is 4.58. The van der Waals surface area contributed by atoms with Crippen LogP contribution in [0.3, 0.4) is 0 Å². The van der Waals surface area contributed by atoms with E-state index in [1.807, 2.05) is 6.07 Å². The van der Waals surface area contributed by atoms with E-state index in [1.54, 1.807) is 6.20 Å². The molecule has 1 N–H and O–H groups in total. The number of rotatable bonds is 3. The van der Waals surface area contributed by atoms with Crippen LogP contribution in [0.4, 0.5) is 5.82 Å². The number of halogens is 1. The van der Waals surface area contributed by atoms with Crippen molar-refractivity contribution in [3.8, 4) is 0 Å². The van der Waals surface area contributed by atoms with Gasteiger partial charge in [-0.25, -0.2) is 4.98 Å². The van der Waals surface area contributed by atoms with Crippen LogP contribution < -0.4 is 4.90 Å². The minimum Gasteiger partial charge on any atom is -0.392 e. The van der Waals surface area contributed by atoms with Gasteiger partial charge in [-0.3, -0.25) is 0 Å². The summed E-state index contributed by atoms with van der Waals surface area (Å²) in [6, 6.07) is 1.90. The first kappa shape index (κ1) is 13.6. The summed E-state index contributed by atoms with van der Waals surface area (Å²) in [6.07, 6.45) is 5.26. The standard InChI is InChI=1S/C14H21ClN2O/c1-3-14(2)4-6-17(7-5-14)13-8-11(10-18)12(15)9-16-13/h8-9,18H,3-7,10H2,1-2H3. The van der Waals surface area contributed by atoms with Crippen LogP contribution >= 0.6 is 11.6 Å². The highest BCUT2D eigenvalue weighted by Crippen LogP contribution is 2.35. The summed E-state index contributed by atoms with van der Waals surface area (Å²) >= 11 is 5.96. The molecule has 1 saturated heterocycles. The van der Waals surface area contributed by atoms with Crippen LogP contribution in [0.25, 0.3) is 0 Å². The molecule has 4 heteroatoms. The molecule has 0 aromatic carbocycles. The Morgan fingerprint density at radius 1 is 1.44 bits per heavy atom. The Morgan fingerprint density at radius 3 is 2.67 bits per heavy atom. The van der Waals surface area contributed by atoms with Crippen molar-refractivity contribution < 1.29 is 5.11 Å². The zero-order chi connectivity index (χ0) is 13.2. The molecule has 0 aliphatic carbocycles. The van der Waals surface area contributed by atoms with Gasteiger partial charge in [-0.05, 0) is 24.3 Å². The fourth-order valence-electron chi connectivity index (χ4n) is 2.39. The van der Waals surface area contributed by atoms with Gasteiger partial charge in [0.2, 0.25) is 0 Å². The molecule has 1 aliphatic heterocycles. The first-order valence-electron chi connectivity index (χ1n) is 6.58. The van der Waals surface area contributed by atoms with E-state index in [1.165, 1.54) is 19.3 Å². The Bertz CT molecular complexity index is 414. The first-order chi connectivity index (χ1) is 8.58. The number of aliphatic hydroxyl groups is 1. The molecular formula is C14H21ClN2O. The number of pyridine rings is 1. The zero-order valence-corrected chi connectivity index (χ0v) is 11.9. The van der Waals surface area contributed by atoms with Gasteiger partial charge in [0.05, 0.1) is 11.6 Å². The molecular weight excluding hydrogens is 248 g/mol. The number of nitrogens with zero attached hydrogens (tertiary/aromatic N) is 2. The second-order valence-electron chi connectivity index (χ2n) is 5.44. The number of aliphatic hydroxyl groups excluding tert-OH is 1. The van der Waals surface area contributed by atoms with Gasteiger partial charge in [0, 0.05) is 24.8 Å². The summed E-state index contributed by atoms with van der Waals surface area (Å²) in [5.41, 5.74) is 1.23. The lowest BCUT2D eigenvalue weighted by Crippen LogP contribution is -2.38. The van der Waals surface area contributed by atoms with Crippen molar-refractivity contribution in [2.45, 2.75) is 39.7 Å². The number of aromatic nitrogens is 1. The lowest BCUT2D eigenvalue weighted by Gasteiger charge is -2.39. The molecule has 1 aromatic heterocycles. The van der Waals surface area contributed by atoms with Gasteiger partial charge in [-0.2, -0.15) is 0 Å². The topological polar surface area (TPSA) is 36.4 Å². The molecule has 18 heavy (non-hydrogen) atoms. The van der Waals surface area contributed by atoms with E-state index in [-0.39, 0.29) is 6.61 Å². The number of hydrogen-bond acceptors (Lipinski definition) is 3. The van der Waals surface area contributed by atoms with Crippen LogP contribution in [-0.4, -0.2) is 23.2 Å². The highest BCUT2D eigenvalue weighted by Gasteiger charge is 2.28. The number of anilines is 1. The second kappa shape index (κ2) is 5.45. The molecule has 1 aliphatic rings. The van der Waals surface area contributed by atoms with Gasteiger partial charge < -0.3 is 10.0 Å². The largest absolute Gasteiger partial charge is 0.392 e. The quantitative estimate of drug-likeness (QED) is 0.914. The minimum atomic E-state index is -0.0329. The molecule has 0 amide bonds. The molecule has 1 aromatic rings.